The van der Waals surface area contributed by atoms with Crippen LogP contribution in [0, 0.1) is 12.7 Å². The quantitative estimate of drug-likeness (QED) is 0.771. The van der Waals surface area contributed by atoms with Crippen molar-refractivity contribution < 1.29 is 4.39 Å². The molecule has 0 atom stereocenters. The van der Waals surface area contributed by atoms with E-state index in [1.807, 2.05) is 35.9 Å². The lowest BCUT2D eigenvalue weighted by Gasteiger charge is -2.10. The Hall–Kier alpha value is -2.62. The summed E-state index contributed by atoms with van der Waals surface area (Å²) in [6.45, 7) is 3.34. The van der Waals surface area contributed by atoms with Crippen LogP contribution in [-0.4, -0.2) is 9.78 Å². The topological polar surface area (TPSA) is 29.9 Å². The van der Waals surface area contributed by atoms with Gasteiger partial charge in [0.2, 0.25) is 0 Å². The first-order valence-corrected chi connectivity index (χ1v) is 7.27. The molecule has 1 heterocycles. The van der Waals surface area contributed by atoms with Crippen molar-refractivity contribution in [3.05, 3.63) is 83.3 Å². The van der Waals surface area contributed by atoms with E-state index in [1.54, 1.807) is 12.1 Å². The van der Waals surface area contributed by atoms with Crippen LogP contribution in [0.2, 0.25) is 0 Å². The van der Waals surface area contributed by atoms with Crippen LogP contribution >= 0.6 is 0 Å². The molecule has 1 aromatic heterocycles. The molecule has 3 aromatic rings. The van der Waals surface area contributed by atoms with Crippen molar-refractivity contribution in [3.8, 4) is 0 Å². The number of hydrogen-bond donors (Lipinski definition) is 1. The van der Waals surface area contributed by atoms with Gasteiger partial charge in [-0.2, -0.15) is 5.10 Å². The van der Waals surface area contributed by atoms with Gasteiger partial charge >= 0.3 is 0 Å². The normalized spacial score (nSPS) is 10.6. The first-order chi connectivity index (χ1) is 10.7. The lowest BCUT2D eigenvalue weighted by atomic mass is 10.2. The minimum absolute atomic E-state index is 0.214. The molecular formula is C18H18FN3. The van der Waals surface area contributed by atoms with Crippen molar-refractivity contribution in [3.63, 3.8) is 0 Å². The lowest BCUT2D eigenvalue weighted by molar-refractivity contribution is 0.627. The molecule has 0 bridgehead atoms. The van der Waals surface area contributed by atoms with E-state index in [-0.39, 0.29) is 5.82 Å². The molecule has 3 rings (SSSR count). The van der Waals surface area contributed by atoms with Crippen molar-refractivity contribution in [1.82, 2.24) is 9.78 Å². The highest BCUT2D eigenvalue weighted by Gasteiger charge is 2.06. The molecule has 3 nitrogen and oxygen atoms in total. The van der Waals surface area contributed by atoms with Crippen LogP contribution in [0.25, 0.3) is 0 Å². The molecule has 112 valence electrons. The van der Waals surface area contributed by atoms with Gasteiger partial charge in [0.15, 0.2) is 0 Å². The van der Waals surface area contributed by atoms with E-state index in [0.717, 1.165) is 23.6 Å². The monoisotopic (exact) mass is 295 g/mol. The zero-order valence-corrected chi connectivity index (χ0v) is 12.5. The number of benzene rings is 2. The summed E-state index contributed by atoms with van der Waals surface area (Å²) in [6, 6.07) is 18.8. The van der Waals surface area contributed by atoms with Gasteiger partial charge in [0.05, 0.1) is 12.2 Å². The summed E-state index contributed by atoms with van der Waals surface area (Å²) in [6.07, 6.45) is 0. The molecule has 2 aromatic carbocycles. The van der Waals surface area contributed by atoms with Crippen LogP contribution in [0.5, 0.6) is 0 Å². The summed E-state index contributed by atoms with van der Waals surface area (Å²) in [7, 11) is 0. The maximum Gasteiger partial charge on any atom is 0.125 e. The predicted octanol–water partition coefficient (Wildman–Crippen LogP) is 3.99. The van der Waals surface area contributed by atoms with E-state index in [0.29, 0.717) is 6.54 Å². The van der Waals surface area contributed by atoms with Crippen LogP contribution in [0.1, 0.15) is 16.8 Å². The number of anilines is 1. The van der Waals surface area contributed by atoms with Crippen LogP contribution in [0.15, 0.2) is 60.7 Å². The predicted molar refractivity (Wildman–Crippen MR) is 86.2 cm³/mol. The second-order valence-corrected chi connectivity index (χ2v) is 5.29. The van der Waals surface area contributed by atoms with Gasteiger partial charge in [-0.15, -0.1) is 0 Å². The Balaban J connectivity index is 1.72. The van der Waals surface area contributed by atoms with Gasteiger partial charge in [0, 0.05) is 12.6 Å². The Morgan fingerprint density at radius 2 is 1.73 bits per heavy atom. The number of nitrogens with one attached hydrogen (secondary N) is 1. The van der Waals surface area contributed by atoms with Crippen LogP contribution < -0.4 is 5.32 Å². The maximum atomic E-state index is 12.9. The van der Waals surface area contributed by atoms with Gasteiger partial charge in [0.25, 0.3) is 0 Å². The van der Waals surface area contributed by atoms with Gasteiger partial charge in [-0.05, 0) is 30.2 Å². The number of aromatic nitrogens is 2. The van der Waals surface area contributed by atoms with E-state index < -0.39 is 0 Å². The lowest BCUT2D eigenvalue weighted by Crippen LogP contribution is -2.09. The Labute approximate surface area is 129 Å². The fourth-order valence-corrected chi connectivity index (χ4v) is 2.36. The van der Waals surface area contributed by atoms with Crippen LogP contribution in [0.3, 0.4) is 0 Å². The number of rotatable bonds is 5. The first kappa shape index (κ1) is 14.3. The Morgan fingerprint density at radius 1 is 1.00 bits per heavy atom. The molecule has 0 aliphatic heterocycles. The van der Waals surface area contributed by atoms with Crippen molar-refractivity contribution in [1.29, 1.82) is 0 Å². The number of halogens is 1. The number of nitrogens with zero attached hydrogens (tertiary/aromatic N) is 2. The molecule has 0 unspecified atom stereocenters. The fraction of sp³-hybridized carbons (Fsp3) is 0.167. The summed E-state index contributed by atoms with van der Waals surface area (Å²) >= 11 is 0. The second kappa shape index (κ2) is 6.43. The molecule has 0 aliphatic rings. The summed E-state index contributed by atoms with van der Waals surface area (Å²) in [4.78, 5) is 0. The van der Waals surface area contributed by atoms with E-state index in [1.165, 1.54) is 17.7 Å². The molecule has 0 radical (unpaired) electrons. The van der Waals surface area contributed by atoms with Crippen molar-refractivity contribution >= 4 is 5.82 Å². The smallest absolute Gasteiger partial charge is 0.125 e. The maximum absolute atomic E-state index is 12.9. The molecule has 0 saturated heterocycles. The number of hydrogen-bond acceptors (Lipinski definition) is 2. The van der Waals surface area contributed by atoms with E-state index in [9.17, 15) is 4.39 Å². The molecule has 0 fully saturated rings. The summed E-state index contributed by atoms with van der Waals surface area (Å²) in [5.74, 6) is 0.749. The Bertz CT molecular complexity index is 733. The van der Waals surface area contributed by atoms with Gasteiger partial charge < -0.3 is 5.32 Å². The van der Waals surface area contributed by atoms with Gasteiger partial charge in [-0.25, -0.2) is 9.07 Å². The van der Waals surface area contributed by atoms with Crippen LogP contribution in [0.4, 0.5) is 10.2 Å². The molecule has 22 heavy (non-hydrogen) atoms. The highest BCUT2D eigenvalue weighted by molar-refractivity contribution is 5.39. The third-order valence-electron chi connectivity index (χ3n) is 3.46. The average molecular weight is 295 g/mol. The summed E-state index contributed by atoms with van der Waals surface area (Å²) < 4.78 is 14.9. The largest absolute Gasteiger partial charge is 0.366 e. The number of aryl methyl sites for hydroxylation is 1. The highest BCUT2D eigenvalue weighted by Crippen LogP contribution is 2.14. The van der Waals surface area contributed by atoms with Crippen molar-refractivity contribution in [2.24, 2.45) is 0 Å². The Kier molecular flexibility index (Phi) is 4.19. The zero-order valence-electron chi connectivity index (χ0n) is 12.5. The average Bonchev–Trinajstić information content (AvgIpc) is 2.87. The molecule has 0 aliphatic carbocycles. The minimum Gasteiger partial charge on any atom is -0.366 e. The first-order valence-electron chi connectivity index (χ1n) is 7.27. The highest BCUT2D eigenvalue weighted by atomic mass is 19.1. The van der Waals surface area contributed by atoms with Gasteiger partial charge in [0.1, 0.15) is 11.6 Å². The molecule has 0 saturated carbocycles. The summed E-state index contributed by atoms with van der Waals surface area (Å²) in [5.41, 5.74) is 3.21. The molecular weight excluding hydrogens is 277 g/mol. The van der Waals surface area contributed by atoms with Gasteiger partial charge in [-0.3, -0.25) is 0 Å². The minimum atomic E-state index is -0.214. The standard InChI is InChI=1S/C18H18FN3/c1-14-11-18(20-12-15-7-9-17(19)10-8-15)22(21-14)13-16-5-3-2-4-6-16/h2-11,20H,12-13H2,1H3. The SMILES string of the molecule is Cc1cc(NCc2ccc(F)cc2)n(Cc2ccccc2)n1. The third kappa shape index (κ3) is 3.52. The molecule has 0 spiro atoms. The molecule has 4 heteroatoms. The van der Waals surface area contributed by atoms with Crippen molar-refractivity contribution in [2.45, 2.75) is 20.0 Å². The van der Waals surface area contributed by atoms with E-state index >= 15 is 0 Å². The zero-order chi connectivity index (χ0) is 15.4. The van der Waals surface area contributed by atoms with E-state index in [2.05, 4.69) is 22.5 Å². The molecule has 1 N–H and O–H groups in total. The van der Waals surface area contributed by atoms with Gasteiger partial charge in [-0.1, -0.05) is 42.5 Å². The van der Waals surface area contributed by atoms with Crippen LogP contribution in [-0.2, 0) is 13.1 Å². The second-order valence-electron chi connectivity index (χ2n) is 5.29. The van der Waals surface area contributed by atoms with Crippen molar-refractivity contribution in [2.75, 3.05) is 5.32 Å². The fourth-order valence-electron chi connectivity index (χ4n) is 2.36. The van der Waals surface area contributed by atoms with E-state index in [4.69, 9.17) is 0 Å². The molecule has 0 amide bonds. The summed E-state index contributed by atoms with van der Waals surface area (Å²) in [5, 5.41) is 7.89. The Morgan fingerprint density at radius 3 is 2.45 bits per heavy atom. The third-order valence-corrected chi connectivity index (χ3v) is 3.46.